The first kappa shape index (κ1) is 22.8. The SMILES string of the molecule is C[C@@H]1Cc2cc(S(=O)(=O)N3CCN(Cc4ccccc4)CC3)ccc2N1C(=O)c1ccccc1. The summed E-state index contributed by atoms with van der Waals surface area (Å²) < 4.78 is 28.4. The smallest absolute Gasteiger partial charge is 0.258 e. The van der Waals surface area contributed by atoms with Crippen LogP contribution >= 0.6 is 0 Å². The number of hydrogen-bond donors (Lipinski definition) is 0. The van der Waals surface area contributed by atoms with Crippen LogP contribution in [0.3, 0.4) is 0 Å². The van der Waals surface area contributed by atoms with E-state index < -0.39 is 10.0 Å². The second-order valence-electron chi connectivity index (χ2n) is 9.05. The molecule has 0 N–H and O–H groups in total. The van der Waals surface area contributed by atoms with Gasteiger partial charge in [0.25, 0.3) is 5.91 Å². The van der Waals surface area contributed by atoms with E-state index in [-0.39, 0.29) is 11.9 Å². The molecule has 1 atom stereocenters. The van der Waals surface area contributed by atoms with Gasteiger partial charge in [-0.05, 0) is 54.8 Å². The van der Waals surface area contributed by atoms with E-state index in [0.717, 1.165) is 17.8 Å². The summed E-state index contributed by atoms with van der Waals surface area (Å²) in [5.74, 6) is -0.0583. The molecular weight excluding hydrogens is 446 g/mol. The van der Waals surface area contributed by atoms with E-state index in [2.05, 4.69) is 17.0 Å². The van der Waals surface area contributed by atoms with Crippen LogP contribution in [0.15, 0.2) is 83.8 Å². The lowest BCUT2D eigenvalue weighted by Gasteiger charge is -2.34. The minimum Gasteiger partial charge on any atom is -0.305 e. The lowest BCUT2D eigenvalue weighted by molar-refractivity contribution is 0.0981. The Hall–Kier alpha value is -3.00. The molecule has 34 heavy (non-hydrogen) atoms. The Morgan fingerprint density at radius 2 is 1.53 bits per heavy atom. The number of fused-ring (bicyclic) bond motifs is 1. The quantitative estimate of drug-likeness (QED) is 0.564. The van der Waals surface area contributed by atoms with Gasteiger partial charge in [-0.2, -0.15) is 4.31 Å². The van der Waals surface area contributed by atoms with E-state index in [1.165, 1.54) is 5.56 Å². The van der Waals surface area contributed by atoms with E-state index >= 15 is 0 Å². The summed E-state index contributed by atoms with van der Waals surface area (Å²) >= 11 is 0. The number of carbonyl (C=O) groups is 1. The highest BCUT2D eigenvalue weighted by Crippen LogP contribution is 2.35. The second-order valence-corrected chi connectivity index (χ2v) is 11.0. The maximum absolute atomic E-state index is 13.4. The van der Waals surface area contributed by atoms with Crippen LogP contribution in [0.4, 0.5) is 5.69 Å². The molecule has 176 valence electrons. The van der Waals surface area contributed by atoms with Crippen LogP contribution in [0.1, 0.15) is 28.4 Å². The maximum atomic E-state index is 13.4. The Bertz CT molecular complexity index is 1270. The molecular formula is C27H29N3O3S. The van der Waals surface area contributed by atoms with Gasteiger partial charge in [0.15, 0.2) is 0 Å². The highest BCUT2D eigenvalue weighted by molar-refractivity contribution is 7.89. The predicted octanol–water partition coefficient (Wildman–Crippen LogP) is 3.78. The molecule has 2 aliphatic heterocycles. The standard InChI is InChI=1S/C27H29N3O3S/c1-21-18-24-19-25(12-13-26(24)30(21)27(31)23-10-6-3-7-11-23)34(32,33)29-16-14-28(15-17-29)20-22-8-4-2-5-9-22/h2-13,19,21H,14-18,20H2,1H3/t21-/m1/s1. The van der Waals surface area contributed by atoms with Gasteiger partial charge in [-0.1, -0.05) is 48.5 Å². The van der Waals surface area contributed by atoms with Gasteiger partial charge >= 0.3 is 0 Å². The second kappa shape index (κ2) is 9.33. The largest absolute Gasteiger partial charge is 0.305 e. The molecule has 0 unspecified atom stereocenters. The summed E-state index contributed by atoms with van der Waals surface area (Å²) in [4.78, 5) is 17.5. The zero-order valence-electron chi connectivity index (χ0n) is 19.3. The van der Waals surface area contributed by atoms with Crippen molar-refractivity contribution >= 4 is 21.6 Å². The van der Waals surface area contributed by atoms with Crippen LogP contribution in [0.5, 0.6) is 0 Å². The van der Waals surface area contributed by atoms with Gasteiger partial charge < -0.3 is 4.90 Å². The summed E-state index contributed by atoms with van der Waals surface area (Å²) in [6.45, 7) is 5.19. The predicted molar refractivity (Wildman–Crippen MR) is 133 cm³/mol. The fourth-order valence-corrected chi connectivity index (χ4v) is 6.39. The Kier molecular flexibility index (Phi) is 6.25. The van der Waals surface area contributed by atoms with Crippen LogP contribution in [0.25, 0.3) is 0 Å². The van der Waals surface area contributed by atoms with Crippen molar-refractivity contribution in [1.29, 1.82) is 0 Å². The summed E-state index contributed by atoms with van der Waals surface area (Å²) in [5.41, 5.74) is 3.57. The third kappa shape index (κ3) is 4.39. The Labute approximate surface area is 201 Å². The molecule has 0 aromatic heterocycles. The highest BCUT2D eigenvalue weighted by atomic mass is 32.2. The van der Waals surface area contributed by atoms with Crippen molar-refractivity contribution in [3.8, 4) is 0 Å². The maximum Gasteiger partial charge on any atom is 0.258 e. The third-order valence-electron chi connectivity index (χ3n) is 6.72. The van der Waals surface area contributed by atoms with Gasteiger partial charge in [-0.25, -0.2) is 8.42 Å². The molecule has 0 bridgehead atoms. The van der Waals surface area contributed by atoms with E-state index in [4.69, 9.17) is 0 Å². The van der Waals surface area contributed by atoms with Crippen molar-refractivity contribution in [2.45, 2.75) is 30.8 Å². The number of hydrogen-bond acceptors (Lipinski definition) is 4. The zero-order chi connectivity index (χ0) is 23.7. The van der Waals surface area contributed by atoms with Crippen LogP contribution in [0.2, 0.25) is 0 Å². The molecule has 5 rings (SSSR count). The Morgan fingerprint density at radius 3 is 2.21 bits per heavy atom. The number of piperazine rings is 1. The van der Waals surface area contributed by atoms with Crippen molar-refractivity contribution in [3.05, 3.63) is 95.6 Å². The lowest BCUT2D eigenvalue weighted by atomic mass is 10.1. The number of anilines is 1. The third-order valence-corrected chi connectivity index (χ3v) is 8.62. The van der Waals surface area contributed by atoms with Crippen LogP contribution in [-0.2, 0) is 23.0 Å². The van der Waals surface area contributed by atoms with Gasteiger partial charge in [0.05, 0.1) is 4.90 Å². The monoisotopic (exact) mass is 475 g/mol. The molecule has 7 heteroatoms. The normalized spacial score (nSPS) is 19.2. The Balaban J connectivity index is 1.30. The molecule has 0 spiro atoms. The molecule has 6 nitrogen and oxygen atoms in total. The van der Waals surface area contributed by atoms with E-state index in [1.807, 2.05) is 55.5 Å². The van der Waals surface area contributed by atoms with Gasteiger partial charge in [0, 0.05) is 50.0 Å². The first-order valence-corrected chi connectivity index (χ1v) is 13.2. The molecule has 2 heterocycles. The van der Waals surface area contributed by atoms with Gasteiger partial charge in [-0.3, -0.25) is 9.69 Å². The molecule has 1 amide bonds. The van der Waals surface area contributed by atoms with Crippen LogP contribution in [-0.4, -0.2) is 55.8 Å². The zero-order valence-corrected chi connectivity index (χ0v) is 20.1. The molecule has 0 saturated carbocycles. The number of carbonyl (C=O) groups excluding carboxylic acids is 1. The molecule has 3 aromatic carbocycles. The first-order valence-electron chi connectivity index (χ1n) is 11.7. The fraction of sp³-hybridized carbons (Fsp3) is 0.296. The topological polar surface area (TPSA) is 60.9 Å². The Morgan fingerprint density at radius 1 is 0.882 bits per heavy atom. The fourth-order valence-electron chi connectivity index (χ4n) is 4.92. The summed E-state index contributed by atoms with van der Waals surface area (Å²) in [5, 5.41) is 0. The molecule has 1 saturated heterocycles. The molecule has 0 aliphatic carbocycles. The van der Waals surface area contributed by atoms with Crippen molar-refractivity contribution in [3.63, 3.8) is 0 Å². The van der Waals surface area contributed by atoms with Gasteiger partial charge in [0.1, 0.15) is 0 Å². The lowest BCUT2D eigenvalue weighted by Crippen LogP contribution is -2.48. The average Bonchev–Trinajstić information content (AvgIpc) is 3.20. The minimum absolute atomic E-state index is 0.0257. The first-order chi connectivity index (χ1) is 16.4. The number of amides is 1. The summed E-state index contributed by atoms with van der Waals surface area (Å²) in [6.07, 6.45) is 0.641. The molecule has 1 fully saturated rings. The van der Waals surface area contributed by atoms with Crippen LogP contribution in [0, 0.1) is 0 Å². The number of nitrogens with zero attached hydrogens (tertiary/aromatic N) is 3. The van der Waals surface area contributed by atoms with Crippen LogP contribution < -0.4 is 4.90 Å². The van der Waals surface area contributed by atoms with E-state index in [9.17, 15) is 13.2 Å². The summed E-state index contributed by atoms with van der Waals surface area (Å²) in [7, 11) is -3.58. The van der Waals surface area contributed by atoms with Crippen molar-refractivity contribution < 1.29 is 13.2 Å². The molecule has 0 radical (unpaired) electrons. The highest BCUT2D eigenvalue weighted by Gasteiger charge is 2.34. The van der Waals surface area contributed by atoms with E-state index in [0.29, 0.717) is 43.1 Å². The average molecular weight is 476 g/mol. The summed E-state index contributed by atoms with van der Waals surface area (Å²) in [6, 6.07) is 24.6. The number of rotatable bonds is 5. The molecule has 3 aromatic rings. The molecule has 2 aliphatic rings. The van der Waals surface area contributed by atoms with Crippen molar-refractivity contribution in [2.75, 3.05) is 31.1 Å². The van der Waals surface area contributed by atoms with Gasteiger partial charge in [0.2, 0.25) is 10.0 Å². The van der Waals surface area contributed by atoms with E-state index in [1.54, 1.807) is 27.4 Å². The van der Waals surface area contributed by atoms with Crippen molar-refractivity contribution in [1.82, 2.24) is 9.21 Å². The van der Waals surface area contributed by atoms with Crippen molar-refractivity contribution in [2.24, 2.45) is 0 Å². The number of sulfonamides is 1. The van der Waals surface area contributed by atoms with Gasteiger partial charge in [-0.15, -0.1) is 0 Å². The number of benzene rings is 3. The minimum atomic E-state index is -3.58.